The van der Waals surface area contributed by atoms with Crippen LogP contribution >= 0.6 is 0 Å². The third-order valence-electron chi connectivity index (χ3n) is 2.18. The van der Waals surface area contributed by atoms with E-state index in [9.17, 15) is 0 Å². The molecule has 0 aromatic carbocycles. The van der Waals surface area contributed by atoms with Gasteiger partial charge in [-0.1, -0.05) is 32.3 Å². The molecule has 0 aromatic rings. The SMILES string of the molecule is C=C1COCC1C#CC(C)CC. The molecule has 1 saturated heterocycles. The normalized spacial score (nSPS) is 24.8. The second-order valence-corrected chi connectivity index (χ2v) is 3.32. The Hall–Kier alpha value is -0.740. The molecule has 0 N–H and O–H groups in total. The Kier molecular flexibility index (Phi) is 3.37. The molecule has 0 aliphatic carbocycles. The van der Waals surface area contributed by atoms with Gasteiger partial charge in [0.15, 0.2) is 0 Å². The van der Waals surface area contributed by atoms with Crippen LogP contribution in [0.25, 0.3) is 0 Å². The summed E-state index contributed by atoms with van der Waals surface area (Å²) in [6, 6.07) is 0. The lowest BCUT2D eigenvalue weighted by Crippen LogP contribution is -1.98. The van der Waals surface area contributed by atoms with Crippen molar-refractivity contribution in [2.24, 2.45) is 11.8 Å². The summed E-state index contributed by atoms with van der Waals surface area (Å²) in [5, 5.41) is 0. The zero-order chi connectivity index (χ0) is 8.97. The highest BCUT2D eigenvalue weighted by atomic mass is 16.5. The fourth-order valence-corrected chi connectivity index (χ4v) is 1.01. The van der Waals surface area contributed by atoms with E-state index in [-0.39, 0.29) is 0 Å². The maximum absolute atomic E-state index is 5.23. The molecule has 1 nitrogen and oxygen atoms in total. The van der Waals surface area contributed by atoms with Gasteiger partial charge in [0.25, 0.3) is 0 Å². The van der Waals surface area contributed by atoms with Gasteiger partial charge in [0.1, 0.15) is 0 Å². The van der Waals surface area contributed by atoms with Crippen LogP contribution in [0.5, 0.6) is 0 Å². The molecule has 0 bridgehead atoms. The second kappa shape index (κ2) is 4.33. The van der Waals surface area contributed by atoms with Crippen LogP contribution in [-0.4, -0.2) is 13.2 Å². The lowest BCUT2D eigenvalue weighted by atomic mass is 10.0. The van der Waals surface area contributed by atoms with Crippen molar-refractivity contribution in [2.75, 3.05) is 13.2 Å². The van der Waals surface area contributed by atoms with Crippen molar-refractivity contribution in [2.45, 2.75) is 20.3 Å². The molecular formula is C11H16O. The van der Waals surface area contributed by atoms with Gasteiger partial charge in [0.2, 0.25) is 0 Å². The van der Waals surface area contributed by atoms with Gasteiger partial charge in [0, 0.05) is 5.92 Å². The van der Waals surface area contributed by atoms with Crippen molar-refractivity contribution in [3.63, 3.8) is 0 Å². The van der Waals surface area contributed by atoms with Crippen molar-refractivity contribution in [3.05, 3.63) is 12.2 Å². The summed E-state index contributed by atoms with van der Waals surface area (Å²) in [7, 11) is 0. The molecule has 0 amide bonds. The smallest absolute Gasteiger partial charge is 0.0687 e. The van der Waals surface area contributed by atoms with Crippen molar-refractivity contribution in [3.8, 4) is 11.8 Å². The van der Waals surface area contributed by atoms with Crippen molar-refractivity contribution >= 4 is 0 Å². The minimum atomic E-state index is 0.291. The molecule has 12 heavy (non-hydrogen) atoms. The minimum absolute atomic E-state index is 0.291. The Balaban J connectivity index is 2.47. The highest BCUT2D eigenvalue weighted by molar-refractivity contribution is 5.20. The average molecular weight is 164 g/mol. The van der Waals surface area contributed by atoms with Crippen LogP contribution in [0.4, 0.5) is 0 Å². The largest absolute Gasteiger partial charge is 0.375 e. The van der Waals surface area contributed by atoms with Gasteiger partial charge in [-0.05, 0) is 12.0 Å². The van der Waals surface area contributed by atoms with Gasteiger partial charge in [-0.3, -0.25) is 0 Å². The van der Waals surface area contributed by atoms with Gasteiger partial charge in [0.05, 0.1) is 19.1 Å². The molecule has 1 aliphatic rings. The van der Waals surface area contributed by atoms with E-state index in [1.165, 1.54) is 0 Å². The Morgan fingerprint density at radius 3 is 3.00 bits per heavy atom. The maximum Gasteiger partial charge on any atom is 0.0687 e. The summed E-state index contributed by atoms with van der Waals surface area (Å²) in [6.45, 7) is 9.64. The molecule has 1 fully saturated rings. The minimum Gasteiger partial charge on any atom is -0.375 e. The molecule has 0 saturated carbocycles. The molecule has 0 aromatic heterocycles. The monoisotopic (exact) mass is 164 g/mol. The predicted octanol–water partition coefficient (Wildman–Crippen LogP) is 2.24. The molecule has 2 atom stereocenters. The van der Waals surface area contributed by atoms with Crippen molar-refractivity contribution in [1.82, 2.24) is 0 Å². The van der Waals surface area contributed by atoms with Crippen LogP contribution < -0.4 is 0 Å². The first-order chi connectivity index (χ1) is 5.74. The van der Waals surface area contributed by atoms with Crippen LogP contribution in [0.2, 0.25) is 0 Å². The Morgan fingerprint density at radius 2 is 2.50 bits per heavy atom. The third kappa shape index (κ3) is 2.39. The Bertz CT molecular complexity index is 219. The van der Waals surface area contributed by atoms with E-state index in [0.29, 0.717) is 18.4 Å². The second-order valence-electron chi connectivity index (χ2n) is 3.32. The van der Waals surface area contributed by atoms with E-state index >= 15 is 0 Å². The van der Waals surface area contributed by atoms with E-state index in [1.54, 1.807) is 0 Å². The van der Waals surface area contributed by atoms with Crippen LogP contribution in [0.1, 0.15) is 20.3 Å². The summed E-state index contributed by atoms with van der Waals surface area (Å²) in [5.74, 6) is 7.21. The van der Waals surface area contributed by atoms with E-state index in [4.69, 9.17) is 4.74 Å². The molecule has 0 spiro atoms. The molecule has 1 rings (SSSR count). The lowest BCUT2D eigenvalue weighted by Gasteiger charge is -1.99. The Labute approximate surface area is 74.8 Å². The van der Waals surface area contributed by atoms with Crippen molar-refractivity contribution in [1.29, 1.82) is 0 Å². The number of rotatable bonds is 1. The fraction of sp³-hybridized carbons (Fsp3) is 0.636. The molecule has 1 aliphatic heterocycles. The number of ether oxygens (including phenoxy) is 1. The van der Waals surface area contributed by atoms with Crippen LogP contribution in [0.15, 0.2) is 12.2 Å². The highest BCUT2D eigenvalue weighted by Gasteiger charge is 2.16. The van der Waals surface area contributed by atoms with Gasteiger partial charge in [-0.25, -0.2) is 0 Å². The first-order valence-electron chi connectivity index (χ1n) is 4.50. The molecule has 66 valence electrons. The molecule has 1 heteroatoms. The van der Waals surface area contributed by atoms with E-state index in [2.05, 4.69) is 32.3 Å². The molecule has 2 unspecified atom stereocenters. The lowest BCUT2D eigenvalue weighted by molar-refractivity contribution is 0.196. The fourth-order valence-electron chi connectivity index (χ4n) is 1.01. The van der Waals surface area contributed by atoms with E-state index in [1.807, 2.05) is 0 Å². The summed E-state index contributed by atoms with van der Waals surface area (Å²) >= 11 is 0. The molecular weight excluding hydrogens is 148 g/mol. The van der Waals surface area contributed by atoms with Gasteiger partial charge >= 0.3 is 0 Å². The third-order valence-corrected chi connectivity index (χ3v) is 2.18. The zero-order valence-corrected chi connectivity index (χ0v) is 7.89. The molecule has 1 heterocycles. The van der Waals surface area contributed by atoms with Gasteiger partial charge in [-0.15, -0.1) is 0 Å². The molecule has 0 radical (unpaired) electrons. The van der Waals surface area contributed by atoms with Gasteiger partial charge < -0.3 is 4.74 Å². The van der Waals surface area contributed by atoms with Crippen molar-refractivity contribution < 1.29 is 4.74 Å². The number of hydrogen-bond donors (Lipinski definition) is 0. The Morgan fingerprint density at radius 1 is 1.75 bits per heavy atom. The first-order valence-corrected chi connectivity index (χ1v) is 4.50. The highest BCUT2D eigenvalue weighted by Crippen LogP contribution is 2.16. The van der Waals surface area contributed by atoms with E-state index < -0.39 is 0 Å². The number of hydrogen-bond acceptors (Lipinski definition) is 1. The summed E-state index contributed by atoms with van der Waals surface area (Å²) < 4.78 is 5.23. The summed E-state index contributed by atoms with van der Waals surface area (Å²) in [4.78, 5) is 0. The van der Waals surface area contributed by atoms with Gasteiger partial charge in [-0.2, -0.15) is 0 Å². The summed E-state index contributed by atoms with van der Waals surface area (Å²) in [6.07, 6.45) is 1.12. The topological polar surface area (TPSA) is 9.23 Å². The van der Waals surface area contributed by atoms with Crippen LogP contribution in [0.3, 0.4) is 0 Å². The first kappa shape index (κ1) is 9.35. The van der Waals surface area contributed by atoms with E-state index in [0.717, 1.165) is 18.6 Å². The van der Waals surface area contributed by atoms with Crippen LogP contribution in [0, 0.1) is 23.7 Å². The predicted molar refractivity (Wildman–Crippen MR) is 50.7 cm³/mol. The average Bonchev–Trinajstić information content (AvgIpc) is 2.47. The van der Waals surface area contributed by atoms with Crippen LogP contribution in [-0.2, 0) is 4.74 Å². The summed E-state index contributed by atoms with van der Waals surface area (Å²) in [5.41, 5.74) is 1.13. The quantitative estimate of drug-likeness (QED) is 0.426. The maximum atomic E-state index is 5.23. The zero-order valence-electron chi connectivity index (χ0n) is 7.89. The standard InChI is InChI=1S/C11H16O/c1-4-9(2)5-6-11-8-12-7-10(11)3/h9,11H,3-4,7-8H2,1-2H3.